The molecule has 2 aromatic rings. The van der Waals surface area contributed by atoms with E-state index in [1.54, 1.807) is 19.2 Å². The highest BCUT2D eigenvalue weighted by atomic mass is 19.1. The van der Waals surface area contributed by atoms with Crippen molar-refractivity contribution in [2.24, 2.45) is 0 Å². The van der Waals surface area contributed by atoms with Crippen molar-refractivity contribution in [2.75, 3.05) is 33.4 Å². The number of nitrogens with one attached hydrogen (secondary N) is 1. The topological polar surface area (TPSA) is 43.0 Å². The molecule has 0 unspecified atom stereocenters. The molecule has 2 saturated heterocycles. The van der Waals surface area contributed by atoms with Crippen molar-refractivity contribution < 1.29 is 18.6 Å². The molecule has 29 heavy (non-hydrogen) atoms. The average molecular weight is 398 g/mol. The van der Waals surface area contributed by atoms with Crippen molar-refractivity contribution in [3.8, 4) is 17.2 Å². The molecule has 3 aliphatic rings. The minimum absolute atomic E-state index is 0.183. The normalized spacial score (nSPS) is 26.2. The second kappa shape index (κ2) is 7.84. The van der Waals surface area contributed by atoms with E-state index in [0.29, 0.717) is 31.2 Å². The van der Waals surface area contributed by atoms with Crippen molar-refractivity contribution in [3.05, 3.63) is 53.3 Å². The van der Waals surface area contributed by atoms with Gasteiger partial charge in [0.2, 0.25) is 0 Å². The number of methoxy groups -OCH3 is 1. The summed E-state index contributed by atoms with van der Waals surface area (Å²) in [5, 5.41) is 3.70. The Morgan fingerprint density at radius 2 is 1.90 bits per heavy atom. The number of fused-ring (bicyclic) bond motifs is 2. The Morgan fingerprint density at radius 3 is 2.66 bits per heavy atom. The zero-order chi connectivity index (χ0) is 19.8. The summed E-state index contributed by atoms with van der Waals surface area (Å²) < 4.78 is 30.6. The standard InChI is InChI=1S/C23H27FN2O3/c1-27-20-12-22-21(28-9-10-29-22)11-16(20)14-26-8-2-3-19-23(26)18(13-25-19)15-4-6-17(24)7-5-15/h4-7,11-12,18-19,23,25H,2-3,8-10,13-14H2,1H3/t18-,19-,23-/m1/s1. The summed E-state index contributed by atoms with van der Waals surface area (Å²) in [4.78, 5) is 2.55. The van der Waals surface area contributed by atoms with Gasteiger partial charge in [0.15, 0.2) is 11.5 Å². The van der Waals surface area contributed by atoms with E-state index in [9.17, 15) is 4.39 Å². The van der Waals surface area contributed by atoms with Crippen molar-refractivity contribution in [2.45, 2.75) is 37.4 Å². The smallest absolute Gasteiger partial charge is 0.165 e. The van der Waals surface area contributed by atoms with E-state index < -0.39 is 0 Å². The maximum absolute atomic E-state index is 13.4. The lowest BCUT2D eigenvalue weighted by molar-refractivity contribution is 0.118. The molecule has 154 valence electrons. The summed E-state index contributed by atoms with van der Waals surface area (Å²) in [5.74, 6) is 2.54. The van der Waals surface area contributed by atoms with Gasteiger partial charge in [-0.3, -0.25) is 4.90 Å². The van der Waals surface area contributed by atoms with E-state index in [0.717, 1.165) is 48.9 Å². The average Bonchev–Trinajstić information content (AvgIpc) is 3.19. The zero-order valence-corrected chi connectivity index (χ0v) is 16.7. The molecule has 5 nitrogen and oxygen atoms in total. The van der Waals surface area contributed by atoms with E-state index in [-0.39, 0.29) is 5.82 Å². The minimum Gasteiger partial charge on any atom is -0.496 e. The molecular formula is C23H27FN2O3. The van der Waals surface area contributed by atoms with Gasteiger partial charge in [-0.25, -0.2) is 4.39 Å². The van der Waals surface area contributed by atoms with Crippen LogP contribution in [0.3, 0.4) is 0 Å². The molecule has 0 aromatic heterocycles. The number of hydrogen-bond acceptors (Lipinski definition) is 5. The molecule has 0 aliphatic carbocycles. The highest BCUT2D eigenvalue weighted by Crippen LogP contribution is 2.40. The van der Waals surface area contributed by atoms with Crippen LogP contribution in [0.15, 0.2) is 36.4 Å². The number of rotatable bonds is 4. The molecule has 0 radical (unpaired) electrons. The maximum atomic E-state index is 13.4. The summed E-state index contributed by atoms with van der Waals surface area (Å²) in [6.07, 6.45) is 2.34. The minimum atomic E-state index is -0.183. The summed E-state index contributed by atoms with van der Waals surface area (Å²) in [7, 11) is 1.70. The number of ether oxygens (including phenoxy) is 3. The van der Waals surface area contributed by atoms with Crippen LogP contribution in [0.1, 0.15) is 29.9 Å². The molecule has 3 atom stereocenters. The predicted molar refractivity (Wildman–Crippen MR) is 108 cm³/mol. The number of nitrogens with zero attached hydrogens (tertiary/aromatic N) is 1. The van der Waals surface area contributed by atoms with Crippen LogP contribution < -0.4 is 19.5 Å². The summed E-state index contributed by atoms with van der Waals surface area (Å²) in [6.45, 7) is 3.90. The van der Waals surface area contributed by atoms with Crippen molar-refractivity contribution in [1.82, 2.24) is 10.2 Å². The van der Waals surface area contributed by atoms with E-state index in [1.165, 1.54) is 12.0 Å². The molecular weight excluding hydrogens is 371 g/mol. The van der Waals surface area contributed by atoms with Crippen LogP contribution in [0.4, 0.5) is 4.39 Å². The van der Waals surface area contributed by atoms with Gasteiger partial charge in [-0.05, 0) is 43.1 Å². The predicted octanol–water partition coefficient (Wildman–Crippen LogP) is 3.33. The first-order chi connectivity index (χ1) is 14.2. The second-order valence-corrected chi connectivity index (χ2v) is 8.08. The number of benzene rings is 2. The van der Waals surface area contributed by atoms with Gasteiger partial charge in [0, 0.05) is 42.7 Å². The number of piperidine rings is 1. The van der Waals surface area contributed by atoms with Gasteiger partial charge >= 0.3 is 0 Å². The van der Waals surface area contributed by atoms with Gasteiger partial charge in [-0.15, -0.1) is 0 Å². The Morgan fingerprint density at radius 1 is 1.14 bits per heavy atom. The van der Waals surface area contributed by atoms with Crippen molar-refractivity contribution in [1.29, 1.82) is 0 Å². The third-order valence-corrected chi connectivity index (χ3v) is 6.42. The Hall–Kier alpha value is -2.31. The summed E-state index contributed by atoms with van der Waals surface area (Å²) >= 11 is 0. The van der Waals surface area contributed by atoms with Gasteiger partial charge in [0.05, 0.1) is 7.11 Å². The summed E-state index contributed by atoms with van der Waals surface area (Å²) in [6, 6.07) is 11.8. The lowest BCUT2D eigenvalue weighted by atomic mass is 9.86. The van der Waals surface area contributed by atoms with E-state index in [2.05, 4.69) is 16.3 Å². The second-order valence-electron chi connectivity index (χ2n) is 8.08. The van der Waals surface area contributed by atoms with Crippen LogP contribution in [0.25, 0.3) is 0 Å². The van der Waals surface area contributed by atoms with Crippen LogP contribution in [0.2, 0.25) is 0 Å². The molecule has 1 N–H and O–H groups in total. The van der Waals surface area contributed by atoms with Gasteiger partial charge in [0.1, 0.15) is 24.8 Å². The first-order valence-electron chi connectivity index (χ1n) is 10.4. The van der Waals surface area contributed by atoms with Crippen LogP contribution in [0.5, 0.6) is 17.2 Å². The van der Waals surface area contributed by atoms with Crippen molar-refractivity contribution >= 4 is 0 Å². The highest BCUT2D eigenvalue weighted by Gasteiger charge is 2.42. The third kappa shape index (κ3) is 3.55. The van der Waals surface area contributed by atoms with E-state index >= 15 is 0 Å². The molecule has 0 amide bonds. The number of halogens is 1. The molecule has 0 saturated carbocycles. The van der Waals surface area contributed by atoms with E-state index in [1.807, 2.05) is 18.2 Å². The van der Waals surface area contributed by atoms with Crippen LogP contribution in [-0.2, 0) is 6.54 Å². The van der Waals surface area contributed by atoms with Crippen molar-refractivity contribution in [3.63, 3.8) is 0 Å². The number of likely N-dealkylation sites (tertiary alicyclic amines) is 1. The monoisotopic (exact) mass is 398 g/mol. The maximum Gasteiger partial charge on any atom is 0.165 e. The lowest BCUT2D eigenvalue weighted by Gasteiger charge is -2.40. The Balaban J connectivity index is 1.43. The molecule has 5 rings (SSSR count). The Labute approximate surface area is 170 Å². The largest absolute Gasteiger partial charge is 0.496 e. The molecule has 6 heteroatoms. The quantitative estimate of drug-likeness (QED) is 0.856. The first kappa shape index (κ1) is 18.7. The highest BCUT2D eigenvalue weighted by molar-refractivity contribution is 5.51. The van der Waals surface area contributed by atoms with E-state index in [4.69, 9.17) is 14.2 Å². The third-order valence-electron chi connectivity index (χ3n) is 6.42. The lowest BCUT2D eigenvalue weighted by Crippen LogP contribution is -2.49. The fourth-order valence-electron chi connectivity index (χ4n) is 5.10. The van der Waals surface area contributed by atoms with Crippen LogP contribution in [0, 0.1) is 5.82 Å². The van der Waals surface area contributed by atoms with Crippen LogP contribution in [-0.4, -0.2) is 50.4 Å². The van der Waals surface area contributed by atoms with Gasteiger partial charge in [0.25, 0.3) is 0 Å². The zero-order valence-electron chi connectivity index (χ0n) is 16.7. The Kier molecular flexibility index (Phi) is 5.06. The number of hydrogen-bond donors (Lipinski definition) is 1. The molecule has 0 bridgehead atoms. The van der Waals surface area contributed by atoms with Gasteiger partial charge < -0.3 is 19.5 Å². The van der Waals surface area contributed by atoms with Gasteiger partial charge in [-0.2, -0.15) is 0 Å². The van der Waals surface area contributed by atoms with Gasteiger partial charge in [-0.1, -0.05) is 12.1 Å². The fourth-order valence-corrected chi connectivity index (χ4v) is 5.10. The SMILES string of the molecule is COc1cc2c(cc1CN1CCC[C@H]3NC[C@H](c4ccc(F)cc4)[C@H]31)OCCO2. The first-order valence-corrected chi connectivity index (χ1v) is 10.4. The summed E-state index contributed by atoms with van der Waals surface area (Å²) in [5.41, 5.74) is 2.31. The molecule has 0 spiro atoms. The molecule has 3 aliphatic heterocycles. The molecule has 2 fully saturated rings. The fraction of sp³-hybridized carbons (Fsp3) is 0.478. The molecule has 2 aromatic carbocycles. The molecule has 3 heterocycles. The van der Waals surface area contributed by atoms with Crippen LogP contribution >= 0.6 is 0 Å². The Bertz CT molecular complexity index is 873.